The lowest BCUT2D eigenvalue weighted by molar-refractivity contribution is 0.0767. The molecule has 0 radical (unpaired) electrons. The Kier molecular flexibility index (Phi) is 5.62. The van der Waals surface area contributed by atoms with E-state index >= 15 is 0 Å². The predicted octanol–water partition coefficient (Wildman–Crippen LogP) is 2.56. The number of likely N-dealkylation sites (tertiary alicyclic amines) is 2. The predicted molar refractivity (Wildman–Crippen MR) is 109 cm³/mol. The van der Waals surface area contributed by atoms with Crippen LogP contribution in [0.1, 0.15) is 32.7 Å². The Morgan fingerprint density at radius 2 is 1.66 bits per heavy atom. The van der Waals surface area contributed by atoms with Crippen LogP contribution in [0.4, 0.5) is 4.39 Å². The zero-order valence-electron chi connectivity index (χ0n) is 16.4. The maximum atomic E-state index is 14.0. The molecule has 2 N–H and O–H groups in total. The van der Waals surface area contributed by atoms with E-state index in [2.05, 4.69) is 29.2 Å². The maximum absolute atomic E-state index is 14.0. The van der Waals surface area contributed by atoms with E-state index < -0.39 is 11.7 Å². The molecule has 2 saturated heterocycles. The lowest BCUT2D eigenvalue weighted by Crippen LogP contribution is -2.35. The summed E-state index contributed by atoms with van der Waals surface area (Å²) in [7, 11) is 0. The number of halogens is 1. The first-order chi connectivity index (χ1) is 14.0. The number of hydrogen-bond acceptors (Lipinski definition) is 3. The molecule has 6 heteroatoms. The van der Waals surface area contributed by atoms with Gasteiger partial charge in [-0.3, -0.25) is 9.59 Å². The van der Waals surface area contributed by atoms with Crippen LogP contribution in [0.25, 0.3) is 0 Å². The molecule has 152 valence electrons. The van der Waals surface area contributed by atoms with Gasteiger partial charge in [0, 0.05) is 26.2 Å². The van der Waals surface area contributed by atoms with Crippen LogP contribution >= 0.6 is 0 Å². The monoisotopic (exact) mass is 395 g/mol. The summed E-state index contributed by atoms with van der Waals surface area (Å²) >= 11 is 0. The molecular weight excluding hydrogens is 369 g/mol. The van der Waals surface area contributed by atoms with E-state index in [0.29, 0.717) is 24.9 Å². The van der Waals surface area contributed by atoms with Gasteiger partial charge in [0.05, 0.1) is 11.1 Å². The van der Waals surface area contributed by atoms with Crippen molar-refractivity contribution in [3.05, 3.63) is 71.0 Å². The summed E-state index contributed by atoms with van der Waals surface area (Å²) in [6, 6.07) is 14.6. The van der Waals surface area contributed by atoms with Crippen LogP contribution in [-0.4, -0.2) is 54.3 Å². The molecule has 2 aromatic rings. The van der Waals surface area contributed by atoms with Gasteiger partial charge in [0.2, 0.25) is 0 Å². The molecular formula is C23H26FN3O2. The molecule has 2 fully saturated rings. The molecule has 4 rings (SSSR count). The summed E-state index contributed by atoms with van der Waals surface area (Å²) in [5.74, 6) is -1.09. The molecule has 0 spiro atoms. The number of nitrogens with two attached hydrogens (primary N) is 1. The van der Waals surface area contributed by atoms with Crippen molar-refractivity contribution in [1.82, 2.24) is 9.80 Å². The molecule has 2 heterocycles. The Labute approximate surface area is 170 Å². The van der Waals surface area contributed by atoms with Gasteiger partial charge in [0.25, 0.3) is 11.8 Å². The SMILES string of the molecule is NC(=O)c1c(F)cccc1C(=O)N1CC2CN(CCCc3ccccc3)C[C@H]2C1. The fourth-order valence-corrected chi connectivity index (χ4v) is 4.71. The second-order valence-electron chi connectivity index (χ2n) is 8.11. The van der Waals surface area contributed by atoms with Crippen molar-refractivity contribution in [2.75, 3.05) is 32.7 Å². The fourth-order valence-electron chi connectivity index (χ4n) is 4.71. The van der Waals surface area contributed by atoms with Crippen molar-refractivity contribution in [2.45, 2.75) is 12.8 Å². The Morgan fingerprint density at radius 1 is 0.966 bits per heavy atom. The van der Waals surface area contributed by atoms with Gasteiger partial charge in [-0.2, -0.15) is 0 Å². The highest BCUT2D eigenvalue weighted by Gasteiger charge is 2.42. The lowest BCUT2D eigenvalue weighted by atomic mass is 10.0. The van der Waals surface area contributed by atoms with Crippen LogP contribution in [0.15, 0.2) is 48.5 Å². The number of fused-ring (bicyclic) bond motifs is 1. The van der Waals surface area contributed by atoms with Crippen LogP contribution in [0, 0.1) is 17.7 Å². The third kappa shape index (κ3) is 4.17. The smallest absolute Gasteiger partial charge is 0.254 e. The van der Waals surface area contributed by atoms with Gasteiger partial charge >= 0.3 is 0 Å². The van der Waals surface area contributed by atoms with Crippen molar-refractivity contribution in [2.24, 2.45) is 17.6 Å². The minimum Gasteiger partial charge on any atom is -0.365 e. The van der Waals surface area contributed by atoms with Gasteiger partial charge in [-0.05, 0) is 48.9 Å². The maximum Gasteiger partial charge on any atom is 0.254 e. The number of rotatable bonds is 6. The van der Waals surface area contributed by atoms with Crippen molar-refractivity contribution in [3.63, 3.8) is 0 Å². The minimum atomic E-state index is -0.907. The van der Waals surface area contributed by atoms with E-state index in [1.165, 1.54) is 17.7 Å². The van der Waals surface area contributed by atoms with Crippen molar-refractivity contribution in [1.29, 1.82) is 0 Å². The highest BCUT2D eigenvalue weighted by Crippen LogP contribution is 2.32. The van der Waals surface area contributed by atoms with Crippen LogP contribution in [0.5, 0.6) is 0 Å². The Morgan fingerprint density at radius 3 is 2.31 bits per heavy atom. The molecule has 5 nitrogen and oxygen atoms in total. The zero-order chi connectivity index (χ0) is 20.4. The van der Waals surface area contributed by atoms with Gasteiger partial charge < -0.3 is 15.5 Å². The van der Waals surface area contributed by atoms with Crippen LogP contribution in [-0.2, 0) is 6.42 Å². The van der Waals surface area contributed by atoms with Crippen LogP contribution < -0.4 is 5.73 Å². The van der Waals surface area contributed by atoms with Gasteiger partial charge in [0.1, 0.15) is 5.82 Å². The van der Waals surface area contributed by atoms with E-state index in [-0.39, 0.29) is 17.0 Å². The van der Waals surface area contributed by atoms with Gasteiger partial charge in [-0.25, -0.2) is 4.39 Å². The number of carbonyl (C=O) groups excluding carboxylic acids is 2. The van der Waals surface area contributed by atoms with E-state index in [0.717, 1.165) is 38.5 Å². The number of benzene rings is 2. The highest BCUT2D eigenvalue weighted by molar-refractivity contribution is 6.06. The number of aryl methyl sites for hydroxylation is 1. The molecule has 2 aromatic carbocycles. The minimum absolute atomic E-state index is 0.0668. The third-order valence-corrected chi connectivity index (χ3v) is 6.12. The van der Waals surface area contributed by atoms with E-state index in [9.17, 15) is 14.0 Å². The first-order valence-electron chi connectivity index (χ1n) is 10.2. The first-order valence-corrected chi connectivity index (χ1v) is 10.2. The first kappa shape index (κ1) is 19.6. The average Bonchev–Trinajstić information content (AvgIpc) is 3.26. The molecule has 0 aromatic heterocycles. The normalized spacial score (nSPS) is 21.3. The summed E-state index contributed by atoms with van der Waals surface area (Å²) in [6.07, 6.45) is 2.20. The second-order valence-corrected chi connectivity index (χ2v) is 8.11. The lowest BCUT2D eigenvalue weighted by Gasteiger charge is -2.22. The molecule has 0 bridgehead atoms. The van der Waals surface area contributed by atoms with Crippen molar-refractivity contribution in [3.8, 4) is 0 Å². The van der Waals surface area contributed by atoms with Crippen LogP contribution in [0.2, 0.25) is 0 Å². The summed E-state index contributed by atoms with van der Waals surface area (Å²) < 4.78 is 14.0. The van der Waals surface area contributed by atoms with Crippen LogP contribution in [0.3, 0.4) is 0 Å². The molecule has 2 atom stereocenters. The Balaban J connectivity index is 1.32. The molecule has 0 saturated carbocycles. The molecule has 0 aliphatic carbocycles. The van der Waals surface area contributed by atoms with Crippen molar-refractivity contribution >= 4 is 11.8 Å². The number of amides is 2. The molecule has 2 aliphatic rings. The summed E-state index contributed by atoms with van der Waals surface area (Å²) in [5, 5.41) is 0. The van der Waals surface area contributed by atoms with Crippen molar-refractivity contribution < 1.29 is 14.0 Å². The summed E-state index contributed by atoms with van der Waals surface area (Å²) in [4.78, 5) is 28.7. The fraction of sp³-hybridized carbons (Fsp3) is 0.391. The Bertz CT molecular complexity index is 888. The second kappa shape index (κ2) is 8.33. The number of carbonyl (C=O) groups is 2. The topological polar surface area (TPSA) is 66.6 Å². The van der Waals surface area contributed by atoms with E-state index in [1.807, 2.05) is 6.07 Å². The summed E-state index contributed by atoms with van der Waals surface area (Å²) in [6.45, 7) is 4.32. The van der Waals surface area contributed by atoms with Gasteiger partial charge in [-0.15, -0.1) is 0 Å². The molecule has 29 heavy (non-hydrogen) atoms. The van der Waals surface area contributed by atoms with E-state index in [1.54, 1.807) is 4.90 Å². The Hall–Kier alpha value is -2.73. The quantitative estimate of drug-likeness (QED) is 0.818. The standard InChI is InChI=1S/C23H26FN3O2/c24-20-10-4-9-19(21(20)22(25)28)23(29)27-14-17-12-26(13-18(17)15-27)11-5-8-16-6-2-1-3-7-16/h1-4,6-7,9-10,17-18H,5,8,11-15H2,(H2,25,28)/t17-,18?/m0/s1. The van der Waals surface area contributed by atoms with Gasteiger partial charge in [-0.1, -0.05) is 36.4 Å². The molecule has 2 aliphatic heterocycles. The van der Waals surface area contributed by atoms with Gasteiger partial charge in [0.15, 0.2) is 0 Å². The number of primary amides is 1. The third-order valence-electron chi connectivity index (χ3n) is 6.12. The summed E-state index contributed by atoms with van der Waals surface area (Å²) in [5.41, 5.74) is 6.42. The largest absolute Gasteiger partial charge is 0.365 e. The zero-order valence-corrected chi connectivity index (χ0v) is 16.4. The number of nitrogens with zero attached hydrogens (tertiary/aromatic N) is 2. The molecule has 2 amide bonds. The molecule has 1 unspecified atom stereocenters. The highest BCUT2D eigenvalue weighted by atomic mass is 19.1. The van der Waals surface area contributed by atoms with E-state index in [4.69, 9.17) is 5.73 Å². The number of hydrogen-bond donors (Lipinski definition) is 1. The average molecular weight is 395 g/mol.